The first-order valence-corrected chi connectivity index (χ1v) is 10.6. The molecule has 3 aromatic rings. The summed E-state index contributed by atoms with van der Waals surface area (Å²) in [5.74, 6) is -0.314. The number of nitrogens with zero attached hydrogens (tertiary/aromatic N) is 3. The molecule has 0 fully saturated rings. The lowest BCUT2D eigenvalue weighted by atomic mass is 10.2. The van der Waals surface area contributed by atoms with Crippen molar-refractivity contribution >= 4 is 41.1 Å². The van der Waals surface area contributed by atoms with Crippen molar-refractivity contribution in [3.05, 3.63) is 52.1 Å². The number of benzene rings is 1. The Morgan fingerprint density at radius 1 is 1.11 bits per heavy atom. The highest BCUT2D eigenvalue weighted by atomic mass is 16.3. The minimum absolute atomic E-state index is 0.0141. The van der Waals surface area contributed by atoms with E-state index >= 15 is 0 Å². The van der Waals surface area contributed by atoms with E-state index < -0.39 is 5.56 Å². The van der Waals surface area contributed by atoms with Crippen molar-refractivity contribution in [2.75, 3.05) is 30.7 Å². The van der Waals surface area contributed by atoms with E-state index in [0.29, 0.717) is 50.3 Å². The molecule has 2 aromatic heterocycles. The van der Waals surface area contributed by atoms with Gasteiger partial charge in [0, 0.05) is 37.3 Å². The van der Waals surface area contributed by atoms with Crippen LogP contribution in [0.1, 0.15) is 28.9 Å². The molecule has 0 radical (unpaired) electrons. The third kappa shape index (κ3) is 8.70. The molecular formula is C21H27N9O5. The average Bonchev–Trinajstić information content (AvgIpc) is 2.85. The number of carbonyl (C=O) groups excluding carboxylic acids is 2. The number of nitrogens with one attached hydrogen (secondary N) is 4. The first kappa shape index (κ1) is 26.7. The summed E-state index contributed by atoms with van der Waals surface area (Å²) in [5.41, 5.74) is 12.5. The van der Waals surface area contributed by atoms with Gasteiger partial charge in [0.2, 0.25) is 11.9 Å². The van der Waals surface area contributed by atoms with Crippen molar-refractivity contribution in [1.82, 2.24) is 30.6 Å². The molecular weight excluding hydrogens is 458 g/mol. The Morgan fingerprint density at radius 3 is 2.51 bits per heavy atom. The van der Waals surface area contributed by atoms with Gasteiger partial charge in [0.05, 0.1) is 18.4 Å². The molecule has 14 nitrogen and oxygen atoms in total. The summed E-state index contributed by atoms with van der Waals surface area (Å²) >= 11 is 0. The summed E-state index contributed by atoms with van der Waals surface area (Å²) in [6.45, 7) is 1.32. The zero-order chi connectivity index (χ0) is 25.6. The van der Waals surface area contributed by atoms with Crippen molar-refractivity contribution in [2.24, 2.45) is 5.73 Å². The van der Waals surface area contributed by atoms with E-state index in [-0.39, 0.29) is 35.4 Å². The van der Waals surface area contributed by atoms with Gasteiger partial charge in [-0.1, -0.05) is 0 Å². The predicted molar refractivity (Wildman–Crippen MR) is 128 cm³/mol. The van der Waals surface area contributed by atoms with Crippen molar-refractivity contribution < 1.29 is 19.5 Å². The van der Waals surface area contributed by atoms with Gasteiger partial charge in [-0.15, -0.1) is 0 Å². The van der Waals surface area contributed by atoms with Crippen LogP contribution in [0.3, 0.4) is 0 Å². The fourth-order valence-electron chi connectivity index (χ4n) is 2.84. The SMILES string of the molecule is NCCNC(=O)CCCNC(=O)c1ccc(NCc2cnc3nc(N)[nH]c(=O)c3n2)cc1.O=CO. The third-order valence-corrected chi connectivity index (χ3v) is 4.44. The second-order valence-electron chi connectivity index (χ2n) is 7.02. The molecule has 0 saturated heterocycles. The maximum atomic E-state index is 12.2. The van der Waals surface area contributed by atoms with Crippen LogP contribution in [0.2, 0.25) is 0 Å². The van der Waals surface area contributed by atoms with Crippen molar-refractivity contribution in [1.29, 1.82) is 0 Å². The smallest absolute Gasteiger partial charge is 0.290 e. The van der Waals surface area contributed by atoms with Crippen LogP contribution in [-0.2, 0) is 16.1 Å². The molecule has 0 unspecified atom stereocenters. The van der Waals surface area contributed by atoms with Crippen molar-refractivity contribution in [3.63, 3.8) is 0 Å². The number of nitrogen functional groups attached to an aromatic ring is 1. The maximum absolute atomic E-state index is 12.2. The Balaban J connectivity index is 0.00000137. The number of amides is 2. The summed E-state index contributed by atoms with van der Waals surface area (Å²) in [7, 11) is 0. The number of anilines is 2. The standard InChI is InChI=1S/C20H25N9O3.CH2O2/c21-7-9-23-15(30)2-1-8-24-18(31)12-3-5-13(6-4-12)25-10-14-11-26-17-16(27-14)19(32)29-20(22)28-17;2-1-3/h3-6,11,25H,1-2,7-10,21H2,(H,23,30)(H,24,31)(H3,22,26,28,29,32);1H,(H,2,3). The number of hydrogen-bond donors (Lipinski definition) is 7. The number of carbonyl (C=O) groups is 3. The molecule has 0 aliphatic heterocycles. The minimum Gasteiger partial charge on any atom is -0.483 e. The molecule has 0 atom stereocenters. The molecule has 35 heavy (non-hydrogen) atoms. The van der Waals surface area contributed by atoms with Crippen molar-refractivity contribution in [3.8, 4) is 0 Å². The van der Waals surface area contributed by atoms with Gasteiger partial charge < -0.3 is 32.5 Å². The largest absolute Gasteiger partial charge is 0.483 e. The lowest BCUT2D eigenvalue weighted by Gasteiger charge is -2.08. The summed E-state index contributed by atoms with van der Waals surface area (Å²) in [4.78, 5) is 58.7. The van der Waals surface area contributed by atoms with Crippen molar-refractivity contribution in [2.45, 2.75) is 19.4 Å². The van der Waals surface area contributed by atoms with Gasteiger partial charge in [-0.05, 0) is 30.7 Å². The van der Waals surface area contributed by atoms with Crippen LogP contribution >= 0.6 is 0 Å². The van der Waals surface area contributed by atoms with E-state index in [4.69, 9.17) is 21.4 Å². The quantitative estimate of drug-likeness (QED) is 0.139. The molecule has 3 rings (SSSR count). The van der Waals surface area contributed by atoms with Gasteiger partial charge in [-0.25, -0.2) is 9.97 Å². The van der Waals surface area contributed by atoms with E-state index in [1.165, 1.54) is 6.20 Å². The number of rotatable bonds is 10. The number of aromatic nitrogens is 4. The molecule has 186 valence electrons. The Labute approximate surface area is 199 Å². The zero-order valence-corrected chi connectivity index (χ0v) is 18.8. The van der Waals surface area contributed by atoms with E-state index in [0.717, 1.165) is 5.69 Å². The number of carboxylic acid groups (broad SMARTS) is 1. The fourth-order valence-corrected chi connectivity index (χ4v) is 2.84. The van der Waals surface area contributed by atoms with Gasteiger partial charge in [-0.2, -0.15) is 4.98 Å². The summed E-state index contributed by atoms with van der Waals surface area (Å²) in [6.07, 6.45) is 2.38. The van der Waals surface area contributed by atoms with Crippen LogP contribution in [0.15, 0.2) is 35.3 Å². The molecule has 0 spiro atoms. The van der Waals surface area contributed by atoms with E-state index in [2.05, 4.69) is 35.9 Å². The minimum atomic E-state index is -0.451. The highest BCUT2D eigenvalue weighted by Gasteiger charge is 2.08. The van der Waals surface area contributed by atoms with Crippen LogP contribution in [0.4, 0.5) is 11.6 Å². The van der Waals surface area contributed by atoms with Gasteiger partial charge >= 0.3 is 0 Å². The number of nitrogens with two attached hydrogens (primary N) is 2. The first-order chi connectivity index (χ1) is 16.9. The second kappa shape index (κ2) is 13.8. The highest BCUT2D eigenvalue weighted by molar-refractivity contribution is 5.94. The Bertz CT molecular complexity index is 1200. The van der Waals surface area contributed by atoms with Crippen LogP contribution < -0.4 is 33.0 Å². The number of H-pyrrole nitrogens is 1. The molecule has 14 heteroatoms. The molecule has 0 bridgehead atoms. The average molecular weight is 486 g/mol. The first-order valence-electron chi connectivity index (χ1n) is 10.6. The monoisotopic (exact) mass is 485 g/mol. The van der Waals surface area contributed by atoms with Crippen LogP contribution in [0, 0.1) is 0 Å². The highest BCUT2D eigenvalue weighted by Crippen LogP contribution is 2.11. The van der Waals surface area contributed by atoms with E-state index in [9.17, 15) is 14.4 Å². The van der Waals surface area contributed by atoms with Gasteiger partial charge in [-0.3, -0.25) is 24.2 Å². The second-order valence-corrected chi connectivity index (χ2v) is 7.02. The summed E-state index contributed by atoms with van der Waals surface area (Å²) < 4.78 is 0. The van der Waals surface area contributed by atoms with Crippen LogP contribution in [0.5, 0.6) is 0 Å². The summed E-state index contributed by atoms with van der Waals surface area (Å²) in [5, 5.41) is 15.5. The molecule has 1 aromatic carbocycles. The summed E-state index contributed by atoms with van der Waals surface area (Å²) in [6, 6.07) is 6.90. The molecule has 2 heterocycles. The Morgan fingerprint density at radius 2 is 1.83 bits per heavy atom. The third-order valence-electron chi connectivity index (χ3n) is 4.44. The molecule has 2 amide bonds. The lowest BCUT2D eigenvalue weighted by molar-refractivity contribution is -0.123. The molecule has 0 aliphatic rings. The van der Waals surface area contributed by atoms with E-state index in [1.54, 1.807) is 24.3 Å². The normalized spacial score (nSPS) is 10.1. The van der Waals surface area contributed by atoms with Gasteiger partial charge in [0.1, 0.15) is 0 Å². The number of hydrogen-bond acceptors (Lipinski definition) is 10. The Kier molecular flexibility index (Phi) is 10.5. The number of aromatic amines is 1. The molecule has 9 N–H and O–H groups in total. The van der Waals surface area contributed by atoms with Crippen LogP contribution in [0.25, 0.3) is 11.2 Å². The fraction of sp³-hybridized carbons (Fsp3) is 0.286. The number of fused-ring (bicyclic) bond motifs is 1. The van der Waals surface area contributed by atoms with Crippen LogP contribution in [-0.4, -0.2) is 63.0 Å². The van der Waals surface area contributed by atoms with Gasteiger partial charge in [0.15, 0.2) is 11.2 Å². The molecule has 0 aliphatic carbocycles. The lowest BCUT2D eigenvalue weighted by Crippen LogP contribution is -2.30. The topological polar surface area (TPSA) is 231 Å². The molecule has 0 saturated carbocycles. The zero-order valence-electron chi connectivity index (χ0n) is 18.8. The predicted octanol–water partition coefficient (Wildman–Crippen LogP) is -0.807. The van der Waals surface area contributed by atoms with E-state index in [1.807, 2.05) is 0 Å². The van der Waals surface area contributed by atoms with Gasteiger partial charge in [0.25, 0.3) is 17.9 Å². The maximum Gasteiger partial charge on any atom is 0.290 e. The Hall–Kier alpha value is -4.59.